The van der Waals surface area contributed by atoms with E-state index in [4.69, 9.17) is 14.2 Å². The summed E-state index contributed by atoms with van der Waals surface area (Å²) in [6.45, 7) is 2.52. The van der Waals surface area contributed by atoms with Crippen LogP contribution in [-0.2, 0) is 4.74 Å². The maximum atomic E-state index is 5.43. The van der Waals surface area contributed by atoms with Gasteiger partial charge in [-0.25, -0.2) is 10.9 Å². The molecule has 9 heteroatoms. The predicted molar refractivity (Wildman–Crippen MR) is 108 cm³/mol. The highest BCUT2D eigenvalue weighted by Gasteiger charge is 2.29. The van der Waals surface area contributed by atoms with Crippen molar-refractivity contribution in [1.29, 1.82) is 0 Å². The summed E-state index contributed by atoms with van der Waals surface area (Å²) in [5, 5.41) is 4.02. The number of rotatable bonds is 9. The van der Waals surface area contributed by atoms with E-state index >= 15 is 0 Å². The third-order valence-corrected chi connectivity index (χ3v) is 7.10. The van der Waals surface area contributed by atoms with E-state index in [9.17, 15) is 0 Å². The number of nitrogens with zero attached hydrogens (tertiary/aromatic N) is 1. The second-order valence-electron chi connectivity index (χ2n) is 6.16. The third-order valence-electron chi connectivity index (χ3n) is 4.44. The lowest BCUT2D eigenvalue weighted by Crippen LogP contribution is -2.38. The molecular formula is C17H28N4O3S2. The molecule has 0 saturated carbocycles. The number of methoxy groups -OCH3 is 3. The molecule has 0 radical (unpaired) electrons. The average Bonchev–Trinajstić information content (AvgIpc) is 3.33. The molecule has 0 bridgehead atoms. The molecule has 7 nitrogen and oxygen atoms in total. The van der Waals surface area contributed by atoms with E-state index in [0.717, 1.165) is 42.8 Å². The van der Waals surface area contributed by atoms with Gasteiger partial charge in [0.25, 0.3) is 0 Å². The quantitative estimate of drug-likeness (QED) is 0.571. The Hall–Kier alpha value is -0.680. The Morgan fingerprint density at radius 3 is 2.85 bits per heavy atom. The van der Waals surface area contributed by atoms with Gasteiger partial charge in [0.05, 0.1) is 32.9 Å². The molecule has 2 heterocycles. The Balaban J connectivity index is 1.49. The normalized spacial score (nSPS) is 26.3. The van der Waals surface area contributed by atoms with E-state index in [1.807, 2.05) is 29.6 Å². The van der Waals surface area contributed by atoms with Crippen LogP contribution in [-0.4, -0.2) is 69.1 Å². The number of hydrogen-bond acceptors (Lipinski definition) is 9. The van der Waals surface area contributed by atoms with E-state index in [1.165, 1.54) is 5.56 Å². The highest BCUT2D eigenvalue weighted by Crippen LogP contribution is 2.38. The van der Waals surface area contributed by atoms with Gasteiger partial charge in [-0.3, -0.25) is 10.2 Å². The van der Waals surface area contributed by atoms with Crippen molar-refractivity contribution in [3.05, 3.63) is 23.8 Å². The van der Waals surface area contributed by atoms with Crippen LogP contribution >= 0.6 is 23.5 Å². The average molecular weight is 401 g/mol. The predicted octanol–water partition coefficient (Wildman–Crippen LogP) is 1.44. The molecule has 2 aliphatic heterocycles. The van der Waals surface area contributed by atoms with Gasteiger partial charge in [-0.05, 0) is 17.7 Å². The van der Waals surface area contributed by atoms with Gasteiger partial charge in [0.2, 0.25) is 0 Å². The summed E-state index contributed by atoms with van der Waals surface area (Å²) < 4.78 is 15.9. The first kappa shape index (κ1) is 20.1. The SMILES string of the molecule is COCCN1CNNC1SCC1CSC(c2ccc(OC)c(OC)c2)N1. The minimum atomic E-state index is 0.289. The Morgan fingerprint density at radius 1 is 1.23 bits per heavy atom. The van der Waals surface area contributed by atoms with Gasteiger partial charge in [-0.2, -0.15) is 0 Å². The fraction of sp³-hybridized carbons (Fsp3) is 0.647. The zero-order chi connectivity index (χ0) is 18.4. The molecule has 3 unspecified atom stereocenters. The van der Waals surface area contributed by atoms with Crippen molar-refractivity contribution in [2.24, 2.45) is 0 Å². The molecule has 0 spiro atoms. The number of hydrazine groups is 1. The fourth-order valence-corrected chi connectivity index (χ4v) is 5.60. The highest BCUT2D eigenvalue weighted by atomic mass is 32.2. The summed E-state index contributed by atoms with van der Waals surface area (Å²) in [6, 6.07) is 6.62. The molecule has 3 rings (SSSR count). The molecule has 2 saturated heterocycles. The van der Waals surface area contributed by atoms with Crippen molar-refractivity contribution in [3.63, 3.8) is 0 Å². The molecule has 0 aromatic heterocycles. The summed E-state index contributed by atoms with van der Waals surface area (Å²) >= 11 is 3.87. The van der Waals surface area contributed by atoms with Crippen LogP contribution in [0.15, 0.2) is 18.2 Å². The monoisotopic (exact) mass is 400 g/mol. The van der Waals surface area contributed by atoms with Crippen LogP contribution in [0.5, 0.6) is 11.5 Å². The molecular weight excluding hydrogens is 372 g/mol. The largest absolute Gasteiger partial charge is 0.493 e. The number of hydrogen-bond donors (Lipinski definition) is 3. The maximum absolute atomic E-state index is 5.43. The molecule has 26 heavy (non-hydrogen) atoms. The number of ether oxygens (including phenoxy) is 3. The lowest BCUT2D eigenvalue weighted by molar-refractivity contribution is 0.154. The van der Waals surface area contributed by atoms with Crippen LogP contribution in [0.2, 0.25) is 0 Å². The standard InChI is InChI=1S/C17H28N4O3S2/c1-22-7-6-21-11-18-20-17(21)26-10-13-9-25-16(19-13)12-4-5-14(23-2)15(8-12)24-3/h4-5,8,13,16-20H,6-7,9-11H2,1-3H3. The molecule has 2 fully saturated rings. The first-order valence-corrected chi connectivity index (χ1v) is 10.8. The van der Waals surface area contributed by atoms with E-state index in [1.54, 1.807) is 21.3 Å². The lowest BCUT2D eigenvalue weighted by atomic mass is 10.2. The Morgan fingerprint density at radius 2 is 2.08 bits per heavy atom. The number of nitrogens with one attached hydrogen (secondary N) is 3. The Bertz CT molecular complexity index is 581. The Kier molecular flexibility index (Phi) is 7.74. The minimum Gasteiger partial charge on any atom is -0.493 e. The first-order valence-electron chi connectivity index (χ1n) is 8.67. The van der Waals surface area contributed by atoms with Crippen molar-refractivity contribution in [3.8, 4) is 11.5 Å². The molecule has 3 atom stereocenters. The molecule has 3 N–H and O–H groups in total. The van der Waals surface area contributed by atoms with Gasteiger partial charge in [0.1, 0.15) is 5.50 Å². The second-order valence-corrected chi connectivity index (χ2v) is 8.41. The zero-order valence-corrected chi connectivity index (χ0v) is 17.1. The van der Waals surface area contributed by atoms with E-state index in [-0.39, 0.29) is 5.50 Å². The summed E-state index contributed by atoms with van der Waals surface area (Å²) in [5.41, 5.74) is 8.06. The first-order chi connectivity index (χ1) is 12.7. The molecule has 0 amide bonds. The summed E-state index contributed by atoms with van der Waals surface area (Å²) in [4.78, 5) is 2.35. The topological polar surface area (TPSA) is 67.0 Å². The van der Waals surface area contributed by atoms with Crippen LogP contribution in [0.1, 0.15) is 10.9 Å². The molecule has 1 aromatic rings. The number of thioether (sulfide) groups is 2. The molecule has 0 aliphatic carbocycles. The van der Waals surface area contributed by atoms with Crippen molar-refractivity contribution in [2.75, 3.05) is 52.7 Å². The van der Waals surface area contributed by atoms with Crippen LogP contribution in [0.25, 0.3) is 0 Å². The second kappa shape index (κ2) is 10.0. The van der Waals surface area contributed by atoms with Crippen molar-refractivity contribution < 1.29 is 14.2 Å². The van der Waals surface area contributed by atoms with Gasteiger partial charge in [-0.15, -0.1) is 23.5 Å². The minimum absolute atomic E-state index is 0.289. The van der Waals surface area contributed by atoms with Crippen LogP contribution in [0.4, 0.5) is 0 Å². The summed E-state index contributed by atoms with van der Waals surface area (Å²) in [6.07, 6.45) is 0. The number of benzene rings is 1. The Labute approximate surface area is 163 Å². The van der Waals surface area contributed by atoms with Gasteiger partial charge >= 0.3 is 0 Å². The third kappa shape index (κ3) is 4.98. The fourth-order valence-electron chi connectivity index (χ4n) is 3.00. The summed E-state index contributed by atoms with van der Waals surface area (Å²) in [5.74, 6) is 3.70. The highest BCUT2D eigenvalue weighted by molar-refractivity contribution is 8.00. The van der Waals surface area contributed by atoms with Gasteiger partial charge in [-0.1, -0.05) is 6.07 Å². The van der Waals surface area contributed by atoms with Crippen molar-refractivity contribution >= 4 is 23.5 Å². The smallest absolute Gasteiger partial charge is 0.161 e. The maximum Gasteiger partial charge on any atom is 0.161 e. The van der Waals surface area contributed by atoms with Gasteiger partial charge in [0.15, 0.2) is 11.5 Å². The van der Waals surface area contributed by atoms with Crippen LogP contribution < -0.4 is 25.6 Å². The van der Waals surface area contributed by atoms with Gasteiger partial charge < -0.3 is 14.2 Å². The molecule has 146 valence electrons. The van der Waals surface area contributed by atoms with Crippen LogP contribution in [0, 0.1) is 0 Å². The van der Waals surface area contributed by atoms with Crippen molar-refractivity contribution in [1.82, 2.24) is 21.1 Å². The van der Waals surface area contributed by atoms with E-state index in [2.05, 4.69) is 33.2 Å². The molecule has 2 aliphatic rings. The van der Waals surface area contributed by atoms with E-state index in [0.29, 0.717) is 11.4 Å². The van der Waals surface area contributed by atoms with E-state index < -0.39 is 0 Å². The van der Waals surface area contributed by atoms with Crippen molar-refractivity contribution in [2.45, 2.75) is 16.9 Å². The lowest BCUT2D eigenvalue weighted by Gasteiger charge is -2.23. The summed E-state index contributed by atoms with van der Waals surface area (Å²) in [7, 11) is 5.08. The van der Waals surface area contributed by atoms with Crippen LogP contribution in [0.3, 0.4) is 0 Å². The van der Waals surface area contributed by atoms with Gasteiger partial charge in [0, 0.05) is 31.2 Å². The molecule has 1 aromatic carbocycles. The zero-order valence-electron chi connectivity index (χ0n) is 15.5.